The van der Waals surface area contributed by atoms with E-state index in [9.17, 15) is 14.7 Å². The zero-order valence-corrected chi connectivity index (χ0v) is 21.2. The van der Waals surface area contributed by atoms with Crippen LogP contribution in [-0.2, 0) is 21.5 Å². The number of furan rings is 1. The molecule has 1 aromatic heterocycles. The largest absolute Gasteiger partial charge is 0.507 e. The van der Waals surface area contributed by atoms with Crippen molar-refractivity contribution >= 4 is 17.4 Å². The number of ether oxygens (including phenoxy) is 3. The molecule has 1 atom stereocenters. The van der Waals surface area contributed by atoms with Crippen LogP contribution >= 0.6 is 0 Å². The standard InChI is InChI=1S/C29H29NO7/c1-5-34-20-11-9-18(14-19(20)29(2,3)4)26(31)24-25(22-7-6-12-35-22)30(28(33)27(24)32)15-17-8-10-21-23(13-17)37-16-36-21/h6-14,25,31H,5,15-16H2,1-4H3/b26-24-. The van der Waals surface area contributed by atoms with Crippen LogP contribution in [0.2, 0.25) is 0 Å². The first-order chi connectivity index (χ1) is 17.7. The summed E-state index contributed by atoms with van der Waals surface area (Å²) in [7, 11) is 0. The number of aliphatic hydroxyl groups is 1. The lowest BCUT2D eigenvalue weighted by atomic mass is 9.84. The van der Waals surface area contributed by atoms with E-state index in [0.717, 1.165) is 11.1 Å². The van der Waals surface area contributed by atoms with Gasteiger partial charge in [0.05, 0.1) is 18.4 Å². The van der Waals surface area contributed by atoms with Gasteiger partial charge in [0.1, 0.15) is 23.3 Å². The summed E-state index contributed by atoms with van der Waals surface area (Å²) < 4.78 is 22.3. The van der Waals surface area contributed by atoms with E-state index in [1.165, 1.54) is 11.2 Å². The second-order valence-electron chi connectivity index (χ2n) is 10.0. The number of benzene rings is 2. The van der Waals surface area contributed by atoms with Crippen LogP contribution < -0.4 is 14.2 Å². The minimum absolute atomic E-state index is 0.0234. The van der Waals surface area contributed by atoms with E-state index in [2.05, 4.69) is 0 Å². The third-order valence-electron chi connectivity index (χ3n) is 6.50. The van der Waals surface area contributed by atoms with Gasteiger partial charge in [-0.2, -0.15) is 0 Å². The van der Waals surface area contributed by atoms with E-state index in [0.29, 0.717) is 35.2 Å². The predicted octanol–water partition coefficient (Wildman–Crippen LogP) is 5.33. The molecule has 37 heavy (non-hydrogen) atoms. The van der Waals surface area contributed by atoms with E-state index >= 15 is 0 Å². The topological polar surface area (TPSA) is 98.4 Å². The lowest BCUT2D eigenvalue weighted by Gasteiger charge is -2.25. The summed E-state index contributed by atoms with van der Waals surface area (Å²) in [5.41, 5.74) is 1.74. The zero-order chi connectivity index (χ0) is 26.3. The number of hydrogen-bond donors (Lipinski definition) is 1. The van der Waals surface area contributed by atoms with E-state index in [1.807, 2.05) is 39.8 Å². The van der Waals surface area contributed by atoms with Crippen molar-refractivity contribution in [2.45, 2.75) is 45.7 Å². The molecule has 1 amide bonds. The van der Waals surface area contributed by atoms with Gasteiger partial charge >= 0.3 is 0 Å². The summed E-state index contributed by atoms with van der Waals surface area (Å²) in [6.45, 7) is 8.78. The third-order valence-corrected chi connectivity index (χ3v) is 6.50. The maximum Gasteiger partial charge on any atom is 0.296 e. The minimum atomic E-state index is -0.898. The van der Waals surface area contributed by atoms with Crippen LogP contribution in [0.15, 0.2) is 64.8 Å². The molecule has 3 heterocycles. The molecule has 1 fully saturated rings. The molecular weight excluding hydrogens is 474 g/mol. The molecule has 3 aromatic rings. The Labute approximate surface area is 215 Å². The molecule has 8 nitrogen and oxygen atoms in total. The highest BCUT2D eigenvalue weighted by molar-refractivity contribution is 6.46. The summed E-state index contributed by atoms with van der Waals surface area (Å²) >= 11 is 0. The molecule has 192 valence electrons. The maximum atomic E-state index is 13.3. The van der Waals surface area contributed by atoms with Gasteiger partial charge in [-0.1, -0.05) is 26.8 Å². The van der Waals surface area contributed by atoms with Gasteiger partial charge in [0.15, 0.2) is 11.5 Å². The molecule has 5 rings (SSSR count). The van der Waals surface area contributed by atoms with Gasteiger partial charge in [0.25, 0.3) is 11.7 Å². The van der Waals surface area contributed by atoms with Gasteiger partial charge in [-0.15, -0.1) is 0 Å². The quantitative estimate of drug-likeness (QED) is 0.276. The fourth-order valence-electron chi connectivity index (χ4n) is 4.72. The Morgan fingerprint density at radius 2 is 1.86 bits per heavy atom. The van der Waals surface area contributed by atoms with Gasteiger partial charge in [0.2, 0.25) is 6.79 Å². The number of aliphatic hydroxyl groups excluding tert-OH is 1. The Hall–Kier alpha value is -4.20. The van der Waals surface area contributed by atoms with Crippen molar-refractivity contribution in [2.24, 2.45) is 0 Å². The van der Waals surface area contributed by atoms with Gasteiger partial charge in [-0.05, 0) is 60.4 Å². The first kappa shape index (κ1) is 24.5. The van der Waals surface area contributed by atoms with Gasteiger partial charge in [0, 0.05) is 17.7 Å². The second-order valence-corrected chi connectivity index (χ2v) is 10.0. The van der Waals surface area contributed by atoms with Crippen molar-refractivity contribution in [2.75, 3.05) is 13.4 Å². The Kier molecular flexibility index (Phi) is 6.19. The highest BCUT2D eigenvalue weighted by atomic mass is 16.7. The molecular formula is C29H29NO7. The Morgan fingerprint density at radius 3 is 2.57 bits per heavy atom. The number of likely N-dealkylation sites (tertiary alicyclic amines) is 1. The van der Waals surface area contributed by atoms with E-state index in [4.69, 9.17) is 18.6 Å². The van der Waals surface area contributed by atoms with E-state index < -0.39 is 17.7 Å². The van der Waals surface area contributed by atoms with Gasteiger partial charge < -0.3 is 28.6 Å². The zero-order valence-electron chi connectivity index (χ0n) is 21.2. The van der Waals surface area contributed by atoms with Crippen molar-refractivity contribution in [3.63, 3.8) is 0 Å². The summed E-state index contributed by atoms with van der Waals surface area (Å²) in [4.78, 5) is 28.0. The van der Waals surface area contributed by atoms with Crippen LogP contribution in [0.25, 0.3) is 5.76 Å². The fourth-order valence-corrected chi connectivity index (χ4v) is 4.72. The molecule has 2 aliphatic heterocycles. The van der Waals surface area contributed by atoms with Gasteiger partial charge in [-0.3, -0.25) is 9.59 Å². The van der Waals surface area contributed by atoms with E-state index in [-0.39, 0.29) is 30.1 Å². The molecule has 0 saturated carbocycles. The normalized spacial score (nSPS) is 18.5. The summed E-state index contributed by atoms with van der Waals surface area (Å²) in [6.07, 6.45) is 1.48. The van der Waals surface area contributed by atoms with Crippen LogP contribution in [0.3, 0.4) is 0 Å². The Bertz CT molecular complexity index is 1380. The Balaban J connectivity index is 1.59. The number of hydrogen-bond acceptors (Lipinski definition) is 7. The van der Waals surface area contributed by atoms with Crippen LogP contribution in [-0.4, -0.2) is 35.1 Å². The van der Waals surface area contributed by atoms with Gasteiger partial charge in [-0.25, -0.2) is 0 Å². The molecule has 1 unspecified atom stereocenters. The van der Waals surface area contributed by atoms with Crippen molar-refractivity contribution in [1.82, 2.24) is 4.90 Å². The lowest BCUT2D eigenvalue weighted by Crippen LogP contribution is -2.29. The lowest BCUT2D eigenvalue weighted by molar-refractivity contribution is -0.140. The monoisotopic (exact) mass is 503 g/mol. The highest BCUT2D eigenvalue weighted by Crippen LogP contribution is 2.42. The molecule has 8 heteroatoms. The molecule has 1 N–H and O–H groups in total. The molecule has 0 aliphatic carbocycles. The van der Waals surface area contributed by atoms with E-state index in [1.54, 1.807) is 36.4 Å². The molecule has 1 saturated heterocycles. The summed E-state index contributed by atoms with van der Waals surface area (Å²) in [5.74, 6) is 0.530. The third kappa shape index (κ3) is 4.43. The number of Topliss-reactive ketones (excluding diaryl/α,β-unsaturated/α-hetero) is 1. The van der Waals surface area contributed by atoms with Crippen molar-refractivity contribution in [3.05, 3.63) is 82.8 Å². The van der Waals surface area contributed by atoms with Crippen LogP contribution in [0, 0.1) is 0 Å². The molecule has 2 aromatic carbocycles. The SMILES string of the molecule is CCOc1ccc(/C(O)=C2/C(=O)C(=O)N(Cc3ccc4c(c3)OCO4)C2c2ccco2)cc1C(C)(C)C. The number of fused-ring (bicyclic) bond motifs is 1. The molecule has 0 radical (unpaired) electrons. The van der Waals surface area contributed by atoms with Crippen LogP contribution in [0.4, 0.5) is 0 Å². The number of ketones is 1. The second kappa shape index (κ2) is 9.35. The first-order valence-electron chi connectivity index (χ1n) is 12.2. The highest BCUT2D eigenvalue weighted by Gasteiger charge is 2.47. The Morgan fingerprint density at radius 1 is 1.08 bits per heavy atom. The predicted molar refractivity (Wildman–Crippen MR) is 135 cm³/mol. The number of amides is 1. The molecule has 0 bridgehead atoms. The van der Waals surface area contributed by atoms with Crippen molar-refractivity contribution < 1.29 is 33.3 Å². The number of carbonyl (C=O) groups excluding carboxylic acids is 2. The van der Waals surface area contributed by atoms with Crippen molar-refractivity contribution in [1.29, 1.82) is 0 Å². The first-order valence-corrected chi connectivity index (χ1v) is 12.2. The van der Waals surface area contributed by atoms with Crippen molar-refractivity contribution in [3.8, 4) is 17.2 Å². The molecule has 2 aliphatic rings. The van der Waals surface area contributed by atoms with Crippen LogP contribution in [0.5, 0.6) is 17.2 Å². The summed E-state index contributed by atoms with van der Waals surface area (Å²) in [5, 5.41) is 11.5. The maximum absolute atomic E-state index is 13.3. The number of nitrogens with zero attached hydrogens (tertiary/aromatic N) is 1. The smallest absolute Gasteiger partial charge is 0.296 e. The number of carbonyl (C=O) groups is 2. The minimum Gasteiger partial charge on any atom is -0.507 e. The fraction of sp³-hybridized carbons (Fsp3) is 0.310. The number of rotatable bonds is 6. The average molecular weight is 504 g/mol. The van der Waals surface area contributed by atoms with Crippen LogP contribution in [0.1, 0.15) is 56.2 Å². The molecule has 0 spiro atoms. The summed E-state index contributed by atoms with van der Waals surface area (Å²) in [6, 6.07) is 13.1. The average Bonchev–Trinajstić information content (AvgIpc) is 3.60.